The summed E-state index contributed by atoms with van der Waals surface area (Å²) in [6.07, 6.45) is 1.71. The van der Waals surface area contributed by atoms with Crippen LogP contribution >= 0.6 is 11.3 Å². The first-order chi connectivity index (χ1) is 20.0. The zero-order chi connectivity index (χ0) is 28.9. The lowest BCUT2D eigenvalue weighted by Crippen LogP contribution is -2.40. The molecule has 204 valence electrons. The molecule has 4 aromatic rings. The summed E-state index contributed by atoms with van der Waals surface area (Å²) in [7, 11) is 2.42. The summed E-state index contributed by atoms with van der Waals surface area (Å²) in [5.41, 5.74) is 9.73. The molecule has 3 N–H and O–H groups in total. The number of benzene rings is 2. The van der Waals surface area contributed by atoms with Gasteiger partial charge in [0, 0.05) is 23.0 Å². The van der Waals surface area contributed by atoms with Crippen LogP contribution in [0.2, 0.25) is 0 Å². The van der Waals surface area contributed by atoms with Crippen molar-refractivity contribution in [3.8, 4) is 17.5 Å². The van der Waals surface area contributed by atoms with E-state index in [1.54, 1.807) is 60.8 Å². The summed E-state index contributed by atoms with van der Waals surface area (Å²) in [6, 6.07) is 23.6. The molecule has 11 heteroatoms. The van der Waals surface area contributed by atoms with Gasteiger partial charge in [0.2, 0.25) is 0 Å². The van der Waals surface area contributed by atoms with Gasteiger partial charge in [0.15, 0.2) is 5.13 Å². The first kappa shape index (κ1) is 27.1. The van der Waals surface area contributed by atoms with Gasteiger partial charge in [-0.1, -0.05) is 36.4 Å². The maximum absolute atomic E-state index is 13.2. The number of aromatic nitrogens is 2. The van der Waals surface area contributed by atoms with E-state index in [1.165, 1.54) is 30.5 Å². The van der Waals surface area contributed by atoms with Crippen molar-refractivity contribution in [1.29, 1.82) is 5.26 Å². The summed E-state index contributed by atoms with van der Waals surface area (Å²) in [6.45, 7) is 0. The molecule has 0 spiro atoms. The lowest BCUT2D eigenvalue weighted by Gasteiger charge is -2.35. The van der Waals surface area contributed by atoms with Crippen molar-refractivity contribution in [1.82, 2.24) is 9.97 Å². The number of nitrogens with one attached hydrogen (secondary N) is 1. The van der Waals surface area contributed by atoms with E-state index in [2.05, 4.69) is 21.4 Å². The highest BCUT2D eigenvalue weighted by molar-refractivity contribution is 7.14. The lowest BCUT2D eigenvalue weighted by atomic mass is 9.81. The smallest absolute Gasteiger partial charge is 0.355 e. The molecule has 0 radical (unpaired) electrons. The summed E-state index contributed by atoms with van der Waals surface area (Å²) in [5.74, 6) is -2.53. The summed E-state index contributed by atoms with van der Waals surface area (Å²) < 4.78 is 10.2. The third-order valence-corrected chi connectivity index (χ3v) is 7.18. The van der Waals surface area contributed by atoms with Crippen molar-refractivity contribution in [3.63, 3.8) is 0 Å². The molecule has 2 aromatic carbocycles. The van der Waals surface area contributed by atoms with E-state index in [0.29, 0.717) is 16.4 Å². The molecule has 41 heavy (non-hydrogen) atoms. The highest BCUT2D eigenvalue weighted by atomic mass is 32.1. The van der Waals surface area contributed by atoms with E-state index >= 15 is 0 Å². The third-order valence-electron chi connectivity index (χ3n) is 6.42. The topological polar surface area (TPSA) is 143 Å². The second kappa shape index (κ2) is 11.7. The maximum atomic E-state index is 13.2. The van der Waals surface area contributed by atoms with Gasteiger partial charge in [0.1, 0.15) is 17.2 Å². The molecule has 1 aliphatic rings. The number of methoxy groups -OCH3 is 2. The fourth-order valence-corrected chi connectivity index (χ4v) is 5.29. The van der Waals surface area contributed by atoms with E-state index in [4.69, 9.17) is 15.2 Å². The highest BCUT2D eigenvalue weighted by Crippen LogP contribution is 2.43. The molecule has 1 aliphatic heterocycles. The largest absolute Gasteiger partial charge is 0.466 e. The Bertz CT molecular complexity index is 1690. The molecule has 1 atom stereocenters. The Kier molecular flexibility index (Phi) is 7.76. The summed E-state index contributed by atoms with van der Waals surface area (Å²) in [4.78, 5) is 36.7. The van der Waals surface area contributed by atoms with Crippen molar-refractivity contribution in [2.24, 2.45) is 5.73 Å². The number of ether oxygens (including phenoxy) is 2. The Labute approximate surface area is 240 Å². The van der Waals surface area contributed by atoms with Gasteiger partial charge in [-0.05, 0) is 42.0 Å². The van der Waals surface area contributed by atoms with Crippen LogP contribution in [0.1, 0.15) is 11.5 Å². The standard InChI is InChI=1S/C30H24N6O4S/c1-39-28(37)25-24(18-8-4-3-5-9-18)21(16-31)27(32)36(26(25)29(38)40-2)20-13-11-19(12-14-20)34-30-35-23(17-41-30)22-10-6-7-15-33-22/h3-15,17,24H,32H2,1-2H3,(H,34,35). The van der Waals surface area contributed by atoms with Crippen LogP contribution in [0.4, 0.5) is 16.5 Å². The first-order valence-electron chi connectivity index (χ1n) is 12.4. The summed E-state index contributed by atoms with van der Waals surface area (Å²) >= 11 is 1.43. The lowest BCUT2D eigenvalue weighted by molar-refractivity contribution is -0.139. The number of hydrogen-bond acceptors (Lipinski definition) is 11. The van der Waals surface area contributed by atoms with Crippen LogP contribution in [0.3, 0.4) is 0 Å². The first-order valence-corrected chi connectivity index (χ1v) is 13.2. The van der Waals surface area contributed by atoms with E-state index < -0.39 is 17.9 Å². The Morgan fingerprint density at radius 3 is 2.32 bits per heavy atom. The monoisotopic (exact) mass is 564 g/mol. The number of hydrogen-bond donors (Lipinski definition) is 2. The van der Waals surface area contributed by atoms with Crippen LogP contribution in [0.15, 0.2) is 107 Å². The van der Waals surface area contributed by atoms with E-state index in [0.717, 1.165) is 17.1 Å². The number of carbonyl (C=O) groups excluding carboxylic acids is 2. The van der Waals surface area contributed by atoms with Crippen LogP contribution in [-0.2, 0) is 19.1 Å². The SMILES string of the molecule is COC(=O)C1=C(C(=O)OC)N(c2ccc(Nc3nc(-c4ccccn4)cs3)cc2)C(N)=C(C#N)C1c1ccccc1. The molecule has 0 saturated heterocycles. The van der Waals surface area contributed by atoms with Crippen LogP contribution in [0, 0.1) is 11.3 Å². The zero-order valence-electron chi connectivity index (χ0n) is 22.1. The molecule has 1 unspecified atom stereocenters. The molecule has 0 amide bonds. The quantitative estimate of drug-likeness (QED) is 0.299. The average Bonchev–Trinajstić information content (AvgIpc) is 3.49. The van der Waals surface area contributed by atoms with Crippen molar-refractivity contribution in [3.05, 3.63) is 113 Å². The van der Waals surface area contributed by atoms with Gasteiger partial charge in [-0.15, -0.1) is 11.3 Å². The van der Waals surface area contributed by atoms with Gasteiger partial charge in [-0.2, -0.15) is 5.26 Å². The number of pyridine rings is 1. The Morgan fingerprint density at radius 2 is 1.68 bits per heavy atom. The maximum Gasteiger partial charge on any atom is 0.355 e. The molecule has 0 fully saturated rings. The molecular weight excluding hydrogens is 540 g/mol. The normalized spacial score (nSPS) is 14.9. The van der Waals surface area contributed by atoms with Gasteiger partial charge < -0.3 is 20.5 Å². The average molecular weight is 565 g/mol. The number of nitrogens with two attached hydrogens (primary N) is 1. The van der Waals surface area contributed by atoms with E-state index in [1.807, 2.05) is 23.6 Å². The van der Waals surface area contributed by atoms with E-state index in [-0.39, 0.29) is 22.7 Å². The highest BCUT2D eigenvalue weighted by Gasteiger charge is 2.42. The fourth-order valence-electron chi connectivity index (χ4n) is 4.56. The van der Waals surface area contributed by atoms with Crippen molar-refractivity contribution < 1.29 is 19.1 Å². The molecule has 2 aromatic heterocycles. The molecule has 0 bridgehead atoms. The third kappa shape index (κ3) is 5.24. The van der Waals surface area contributed by atoms with Crippen molar-refractivity contribution in [2.75, 3.05) is 24.4 Å². The minimum atomic E-state index is -0.932. The number of esters is 2. The number of nitriles is 1. The Morgan fingerprint density at radius 1 is 0.976 bits per heavy atom. The van der Waals surface area contributed by atoms with Crippen LogP contribution < -0.4 is 16.0 Å². The second-order valence-electron chi connectivity index (χ2n) is 8.76. The number of nitrogens with zero attached hydrogens (tertiary/aromatic N) is 4. The summed E-state index contributed by atoms with van der Waals surface area (Å²) in [5, 5.41) is 16.0. The van der Waals surface area contributed by atoms with Crippen molar-refractivity contribution in [2.45, 2.75) is 5.92 Å². The predicted octanol–water partition coefficient (Wildman–Crippen LogP) is 4.85. The predicted molar refractivity (Wildman–Crippen MR) is 155 cm³/mol. The van der Waals surface area contributed by atoms with Gasteiger partial charge in [0.25, 0.3) is 0 Å². The minimum Gasteiger partial charge on any atom is -0.466 e. The molecule has 0 aliphatic carbocycles. The number of allylic oxidation sites excluding steroid dienone is 1. The molecule has 0 saturated carbocycles. The number of anilines is 3. The van der Waals surface area contributed by atoms with Crippen LogP contribution in [0.5, 0.6) is 0 Å². The molecule has 3 heterocycles. The van der Waals surface area contributed by atoms with Gasteiger partial charge in [-0.25, -0.2) is 14.6 Å². The van der Waals surface area contributed by atoms with Gasteiger partial charge >= 0.3 is 11.9 Å². The Hall–Kier alpha value is -5.47. The Balaban J connectivity index is 1.55. The number of carbonyl (C=O) groups is 2. The van der Waals surface area contributed by atoms with Crippen LogP contribution in [-0.4, -0.2) is 36.1 Å². The van der Waals surface area contributed by atoms with Crippen LogP contribution in [0.25, 0.3) is 11.4 Å². The molecular formula is C30H24N6O4S. The number of thiazole rings is 1. The van der Waals surface area contributed by atoms with Gasteiger partial charge in [-0.3, -0.25) is 9.88 Å². The fraction of sp³-hybridized carbons (Fsp3) is 0.100. The van der Waals surface area contributed by atoms with Gasteiger partial charge in [0.05, 0.1) is 43.0 Å². The molecule has 10 nitrogen and oxygen atoms in total. The second-order valence-corrected chi connectivity index (χ2v) is 9.62. The zero-order valence-corrected chi connectivity index (χ0v) is 22.9. The van der Waals surface area contributed by atoms with E-state index in [9.17, 15) is 14.9 Å². The molecule has 5 rings (SSSR count). The number of rotatable bonds is 7. The minimum absolute atomic E-state index is 0.00459. The van der Waals surface area contributed by atoms with Crippen molar-refractivity contribution >= 4 is 39.8 Å².